The van der Waals surface area contributed by atoms with Crippen LogP contribution in [0.1, 0.15) is 41.5 Å². The molecule has 0 aromatic heterocycles. The Labute approximate surface area is 121 Å². The molecule has 0 unspecified atom stereocenters. The topological polar surface area (TPSA) is 205 Å². The van der Waals surface area contributed by atoms with E-state index in [1.54, 1.807) is 0 Å². The zero-order chi connectivity index (χ0) is 17.4. The van der Waals surface area contributed by atoms with Crippen molar-refractivity contribution in [3.63, 3.8) is 0 Å². The summed E-state index contributed by atoms with van der Waals surface area (Å²) in [6, 6.07) is 1.57. The summed E-state index contributed by atoms with van der Waals surface area (Å²) >= 11 is 0. The normalized spacial score (nSPS) is 10.2. The lowest BCUT2D eigenvalue weighted by Crippen LogP contribution is -2.67. The van der Waals surface area contributed by atoms with Gasteiger partial charge < -0.3 is 19.2 Å². The van der Waals surface area contributed by atoms with Gasteiger partial charge in [-0.15, -0.1) is 0 Å². The second-order valence-corrected chi connectivity index (χ2v) is 5.42. The fraction of sp³-hybridized carbons (Fsp3) is 1.00. The lowest BCUT2D eigenvalue weighted by Gasteiger charge is -2.36. The Bertz CT molecular complexity index is 185. The maximum atomic E-state index is 8.55. The minimum Gasteiger partial charge on any atom is -0.822 e. The summed E-state index contributed by atoms with van der Waals surface area (Å²) in [5.41, 5.74) is 8.33. The van der Waals surface area contributed by atoms with Gasteiger partial charge in [-0.2, -0.15) is 24.1 Å². The Hall–Kier alpha value is -0.130. The quantitative estimate of drug-likeness (QED) is 0.219. The second kappa shape index (κ2) is 18.9. The molecule has 128 valence electrons. The summed E-state index contributed by atoms with van der Waals surface area (Å²) < 4.78 is 8.55. The fourth-order valence-corrected chi connectivity index (χ4v) is 0. The van der Waals surface area contributed by atoms with Crippen molar-refractivity contribution in [2.45, 2.75) is 59.7 Å². The van der Waals surface area contributed by atoms with E-state index in [0.717, 1.165) is 0 Å². The van der Waals surface area contributed by atoms with Crippen LogP contribution < -0.4 is 48.5 Å². The largest absolute Gasteiger partial charge is 0.822 e. The van der Waals surface area contributed by atoms with Crippen LogP contribution in [0.15, 0.2) is 0 Å². The van der Waals surface area contributed by atoms with E-state index in [1.165, 1.54) is 0 Å². The van der Waals surface area contributed by atoms with Crippen molar-refractivity contribution in [1.82, 2.24) is 16.3 Å². The van der Waals surface area contributed by atoms with Crippen molar-refractivity contribution >= 4 is 7.82 Å². The third kappa shape index (κ3) is 148. The summed E-state index contributed by atoms with van der Waals surface area (Å²) in [5.74, 6) is 10.3. The molecule has 0 aromatic carbocycles. The van der Waals surface area contributed by atoms with E-state index >= 15 is 0 Å². The molecule has 0 amide bonds. The lowest BCUT2D eigenvalue weighted by atomic mass is 10.4. The molecule has 0 radical (unpaired) electrons. The van der Waals surface area contributed by atoms with Crippen LogP contribution in [0.5, 0.6) is 0 Å². The number of quaternary nitrogens is 3. The summed E-state index contributed by atoms with van der Waals surface area (Å²) in [4.78, 5) is 25.6. The third-order valence-corrected chi connectivity index (χ3v) is 1.22. The van der Waals surface area contributed by atoms with Crippen molar-refractivity contribution in [3.05, 3.63) is 0 Å². The van der Waals surface area contributed by atoms with Gasteiger partial charge in [-0.25, -0.2) is 0 Å². The van der Waals surface area contributed by atoms with E-state index in [4.69, 9.17) is 19.2 Å². The van der Waals surface area contributed by atoms with Gasteiger partial charge in [-0.3, -0.25) is 17.5 Å². The first kappa shape index (κ1) is 28.1. The Balaban J connectivity index is -0.0000000853. The highest BCUT2D eigenvalue weighted by atomic mass is 31.2. The monoisotopic (exact) mass is 320 g/mol. The smallest absolute Gasteiger partial charge is 0.0497 e. The van der Waals surface area contributed by atoms with E-state index in [0.29, 0.717) is 18.1 Å². The molecular formula is C9H33N6O4P. The van der Waals surface area contributed by atoms with Gasteiger partial charge in [-0.05, 0) is 41.5 Å². The van der Waals surface area contributed by atoms with E-state index in [-0.39, 0.29) is 0 Å². The van der Waals surface area contributed by atoms with E-state index in [1.807, 2.05) is 41.5 Å². The van der Waals surface area contributed by atoms with Crippen molar-refractivity contribution in [2.24, 2.45) is 0 Å². The molecule has 10 nitrogen and oxygen atoms in total. The predicted octanol–water partition coefficient (Wildman–Crippen LogP) is -5.40. The first-order valence-electron chi connectivity index (χ1n) is 6.12. The van der Waals surface area contributed by atoms with Gasteiger partial charge in [0.25, 0.3) is 0 Å². The van der Waals surface area contributed by atoms with Gasteiger partial charge in [0.05, 0.1) is 0 Å². The van der Waals surface area contributed by atoms with Gasteiger partial charge in [-0.1, -0.05) is 0 Å². The Morgan fingerprint density at radius 1 is 0.700 bits per heavy atom. The molecule has 0 saturated heterocycles. The number of hydrogen-bond acceptors (Lipinski definition) is 7. The number of phosphoric acid groups is 1. The maximum Gasteiger partial charge on any atom is 0.0497 e. The zero-order valence-electron chi connectivity index (χ0n) is 13.4. The zero-order valence-corrected chi connectivity index (χ0v) is 14.3. The molecule has 11 heteroatoms. The minimum atomic E-state index is -5.39. The second-order valence-electron chi connectivity index (χ2n) is 4.52. The van der Waals surface area contributed by atoms with Crippen LogP contribution in [0.25, 0.3) is 0 Å². The standard InChI is InChI=1S/3C3H10N2.H3O4P/c3*1-3(2)5-4;1-5(2,3)4/h3*3,5H,4H2,1-2H3;(H3,1,2,3,4). The molecule has 0 aliphatic heterocycles. The first-order valence-corrected chi connectivity index (χ1v) is 7.58. The molecule has 0 aliphatic carbocycles. The van der Waals surface area contributed by atoms with Crippen LogP contribution in [0.2, 0.25) is 0 Å². The highest BCUT2D eigenvalue weighted by Crippen LogP contribution is 2.03. The van der Waals surface area contributed by atoms with E-state index < -0.39 is 7.82 Å². The Morgan fingerprint density at radius 2 is 0.750 bits per heavy atom. The van der Waals surface area contributed by atoms with Crippen LogP contribution >= 0.6 is 7.82 Å². The van der Waals surface area contributed by atoms with Crippen LogP contribution in [0, 0.1) is 0 Å². The SMILES string of the molecule is CC(C)N[NH3+].CC(C)N[NH3+].CC(C)N[NH3+].O=P([O-])([O-])[O-]. The predicted molar refractivity (Wildman–Crippen MR) is 71.1 cm³/mol. The van der Waals surface area contributed by atoms with Crippen molar-refractivity contribution in [1.29, 1.82) is 0 Å². The molecule has 0 spiro atoms. The van der Waals surface area contributed by atoms with Gasteiger partial charge in [0.1, 0.15) is 0 Å². The van der Waals surface area contributed by atoms with Gasteiger partial charge >= 0.3 is 0 Å². The van der Waals surface area contributed by atoms with Crippen LogP contribution in [0.4, 0.5) is 0 Å². The van der Waals surface area contributed by atoms with Crippen LogP contribution in [-0.2, 0) is 4.57 Å². The fourth-order valence-electron chi connectivity index (χ4n) is 0. The Morgan fingerprint density at radius 3 is 0.750 bits per heavy atom. The van der Waals surface area contributed by atoms with Gasteiger partial charge in [0, 0.05) is 18.1 Å². The summed E-state index contributed by atoms with van der Waals surface area (Å²) in [7, 11) is -5.39. The molecular weight excluding hydrogens is 287 g/mol. The summed E-state index contributed by atoms with van der Waals surface area (Å²) in [5, 5.41) is 0. The van der Waals surface area contributed by atoms with Crippen LogP contribution in [-0.4, -0.2) is 18.1 Å². The lowest BCUT2D eigenvalue weighted by molar-refractivity contribution is -0.450. The van der Waals surface area contributed by atoms with Crippen molar-refractivity contribution in [2.75, 3.05) is 0 Å². The molecule has 20 heavy (non-hydrogen) atoms. The third-order valence-electron chi connectivity index (χ3n) is 1.22. The molecule has 0 aromatic rings. The molecule has 0 saturated carbocycles. The average molecular weight is 320 g/mol. The number of rotatable bonds is 3. The Kier molecular flexibility index (Phi) is 26.5. The number of hydrogen-bond donors (Lipinski definition) is 6. The highest BCUT2D eigenvalue weighted by molar-refractivity contribution is 7.40. The van der Waals surface area contributed by atoms with Crippen molar-refractivity contribution < 1.29 is 36.8 Å². The van der Waals surface area contributed by atoms with Gasteiger partial charge in [0.2, 0.25) is 0 Å². The molecule has 0 aliphatic rings. The molecule has 0 fully saturated rings. The molecule has 0 rings (SSSR count). The maximum absolute atomic E-state index is 8.55. The van der Waals surface area contributed by atoms with E-state index in [9.17, 15) is 0 Å². The summed E-state index contributed by atoms with van der Waals surface area (Å²) in [6.07, 6.45) is 0. The van der Waals surface area contributed by atoms with Crippen LogP contribution in [0.3, 0.4) is 0 Å². The molecule has 0 heterocycles. The van der Waals surface area contributed by atoms with Gasteiger partial charge in [0.15, 0.2) is 0 Å². The minimum absolute atomic E-state index is 0.523. The molecule has 0 bridgehead atoms. The first-order chi connectivity index (χ1) is 8.81. The average Bonchev–Trinajstić information content (AvgIpc) is 2.28. The van der Waals surface area contributed by atoms with E-state index in [2.05, 4.69) is 33.8 Å². The number of nitrogens with one attached hydrogen (secondary N) is 3. The highest BCUT2D eigenvalue weighted by Gasteiger charge is 1.81. The molecule has 0 atom stereocenters. The summed E-state index contributed by atoms with van der Waals surface area (Å²) in [6.45, 7) is 12.3. The van der Waals surface area contributed by atoms with Crippen molar-refractivity contribution in [3.8, 4) is 0 Å². The molecule has 12 N–H and O–H groups in total.